The van der Waals surface area contributed by atoms with Gasteiger partial charge < -0.3 is 4.74 Å². The van der Waals surface area contributed by atoms with Crippen molar-refractivity contribution >= 4 is 5.78 Å². The fourth-order valence-corrected chi connectivity index (χ4v) is 1.93. The minimum Gasteiger partial charge on any atom is -0.491 e. The fraction of sp³-hybridized carbons (Fsp3) is 0.471. The van der Waals surface area contributed by atoms with Crippen LogP contribution in [0.25, 0.3) is 0 Å². The van der Waals surface area contributed by atoms with Crippen LogP contribution < -0.4 is 4.74 Å². The van der Waals surface area contributed by atoms with E-state index in [1.54, 1.807) is 12.1 Å². The van der Waals surface area contributed by atoms with Gasteiger partial charge in [0.2, 0.25) is 0 Å². The SMILES string of the molecule is C=CC(=O)CCCCCc1ccc(F)c(OCCC)c1. The molecule has 2 nitrogen and oxygen atoms in total. The zero-order valence-electron chi connectivity index (χ0n) is 12.2. The summed E-state index contributed by atoms with van der Waals surface area (Å²) in [4.78, 5) is 11.1. The molecule has 0 saturated heterocycles. The summed E-state index contributed by atoms with van der Waals surface area (Å²) in [7, 11) is 0. The predicted octanol–water partition coefficient (Wildman–Crippen LogP) is 4.47. The minimum atomic E-state index is -0.307. The Morgan fingerprint density at radius 1 is 1.35 bits per heavy atom. The average Bonchev–Trinajstić information content (AvgIpc) is 2.46. The fourth-order valence-electron chi connectivity index (χ4n) is 1.93. The molecule has 0 amide bonds. The number of halogens is 1. The molecule has 0 bridgehead atoms. The van der Waals surface area contributed by atoms with Crippen LogP contribution in [0.15, 0.2) is 30.9 Å². The lowest BCUT2D eigenvalue weighted by atomic mass is 10.0. The minimum absolute atomic E-state index is 0.0991. The van der Waals surface area contributed by atoms with Gasteiger partial charge in [-0.2, -0.15) is 0 Å². The maximum absolute atomic E-state index is 13.5. The van der Waals surface area contributed by atoms with Gasteiger partial charge in [0.05, 0.1) is 6.61 Å². The van der Waals surface area contributed by atoms with Crippen molar-refractivity contribution in [1.82, 2.24) is 0 Å². The molecule has 3 heteroatoms. The number of hydrogen-bond acceptors (Lipinski definition) is 2. The summed E-state index contributed by atoms with van der Waals surface area (Å²) in [6, 6.07) is 5.03. The second kappa shape index (κ2) is 9.29. The van der Waals surface area contributed by atoms with E-state index in [1.165, 1.54) is 12.1 Å². The third-order valence-corrected chi connectivity index (χ3v) is 3.07. The van der Waals surface area contributed by atoms with Crippen LogP contribution in [0.1, 0.15) is 44.6 Å². The molecule has 0 N–H and O–H groups in total. The third kappa shape index (κ3) is 6.00. The summed E-state index contributed by atoms with van der Waals surface area (Å²) in [5, 5.41) is 0. The highest BCUT2D eigenvalue weighted by Crippen LogP contribution is 2.20. The zero-order chi connectivity index (χ0) is 14.8. The molecule has 0 aliphatic rings. The Morgan fingerprint density at radius 2 is 2.15 bits per heavy atom. The molecule has 110 valence electrons. The maximum atomic E-state index is 13.5. The van der Waals surface area contributed by atoms with Crippen LogP contribution in [0.5, 0.6) is 5.75 Å². The van der Waals surface area contributed by atoms with Crippen LogP contribution in [-0.4, -0.2) is 12.4 Å². The number of rotatable bonds is 10. The quantitative estimate of drug-likeness (QED) is 0.466. The lowest BCUT2D eigenvalue weighted by Gasteiger charge is -2.08. The van der Waals surface area contributed by atoms with Gasteiger partial charge in [-0.1, -0.05) is 26.0 Å². The van der Waals surface area contributed by atoms with Gasteiger partial charge >= 0.3 is 0 Å². The van der Waals surface area contributed by atoms with Crippen LogP contribution in [0.2, 0.25) is 0 Å². The molecule has 1 aromatic carbocycles. The van der Waals surface area contributed by atoms with Gasteiger partial charge in [-0.05, 0) is 49.5 Å². The van der Waals surface area contributed by atoms with Crippen molar-refractivity contribution in [2.75, 3.05) is 6.61 Å². The number of hydrogen-bond donors (Lipinski definition) is 0. The molecule has 0 fully saturated rings. The highest BCUT2D eigenvalue weighted by molar-refractivity contribution is 5.88. The molecule has 0 saturated carbocycles. The molecule has 1 rings (SSSR count). The molecule has 0 atom stereocenters. The van der Waals surface area contributed by atoms with Gasteiger partial charge in [0, 0.05) is 6.42 Å². The Balaban J connectivity index is 2.36. The van der Waals surface area contributed by atoms with Crippen molar-refractivity contribution in [3.05, 3.63) is 42.2 Å². The van der Waals surface area contributed by atoms with E-state index < -0.39 is 0 Å². The van der Waals surface area contributed by atoms with E-state index >= 15 is 0 Å². The molecule has 0 radical (unpaired) electrons. The van der Waals surface area contributed by atoms with Crippen molar-refractivity contribution < 1.29 is 13.9 Å². The van der Waals surface area contributed by atoms with Gasteiger partial charge in [-0.15, -0.1) is 0 Å². The molecule has 0 unspecified atom stereocenters. The zero-order valence-corrected chi connectivity index (χ0v) is 12.2. The van der Waals surface area contributed by atoms with E-state index in [2.05, 4.69) is 6.58 Å². The molecule has 0 spiro atoms. The summed E-state index contributed by atoms with van der Waals surface area (Å²) in [6.45, 7) is 5.97. The van der Waals surface area contributed by atoms with Crippen molar-refractivity contribution in [3.8, 4) is 5.75 Å². The molecular weight excluding hydrogens is 255 g/mol. The molecule has 20 heavy (non-hydrogen) atoms. The Kier molecular flexibility index (Phi) is 7.63. The summed E-state index contributed by atoms with van der Waals surface area (Å²) in [5.74, 6) is 0.131. The van der Waals surface area contributed by atoms with Crippen molar-refractivity contribution in [1.29, 1.82) is 0 Å². The van der Waals surface area contributed by atoms with E-state index in [0.29, 0.717) is 18.8 Å². The van der Waals surface area contributed by atoms with E-state index in [1.807, 2.05) is 6.92 Å². The first kappa shape index (κ1) is 16.4. The van der Waals surface area contributed by atoms with E-state index in [-0.39, 0.29) is 11.6 Å². The van der Waals surface area contributed by atoms with Gasteiger partial charge in [0.15, 0.2) is 17.3 Å². The maximum Gasteiger partial charge on any atom is 0.165 e. The normalized spacial score (nSPS) is 10.3. The van der Waals surface area contributed by atoms with Crippen LogP contribution >= 0.6 is 0 Å². The standard InChI is InChI=1S/C17H23FO2/c1-3-12-20-17-13-14(10-11-16(17)18)8-6-5-7-9-15(19)4-2/h4,10-11,13H,2-3,5-9,12H2,1H3. The Morgan fingerprint density at radius 3 is 2.85 bits per heavy atom. The van der Waals surface area contributed by atoms with E-state index in [4.69, 9.17) is 4.74 Å². The topological polar surface area (TPSA) is 26.3 Å². The summed E-state index contributed by atoms with van der Waals surface area (Å²) in [6.07, 6.45) is 6.54. The van der Waals surface area contributed by atoms with E-state index in [0.717, 1.165) is 37.7 Å². The lowest BCUT2D eigenvalue weighted by molar-refractivity contribution is -0.114. The Hall–Kier alpha value is -1.64. The lowest BCUT2D eigenvalue weighted by Crippen LogP contribution is -1.99. The number of ether oxygens (including phenoxy) is 1. The molecule has 1 aromatic rings. The largest absolute Gasteiger partial charge is 0.491 e. The van der Waals surface area contributed by atoms with Crippen molar-refractivity contribution in [3.63, 3.8) is 0 Å². The second-order valence-corrected chi connectivity index (χ2v) is 4.84. The number of benzene rings is 1. The van der Waals surface area contributed by atoms with Gasteiger partial charge in [0.25, 0.3) is 0 Å². The number of aryl methyl sites for hydroxylation is 1. The van der Waals surface area contributed by atoms with Crippen LogP contribution in [-0.2, 0) is 11.2 Å². The number of carbonyl (C=O) groups is 1. The molecular formula is C17H23FO2. The Bertz CT molecular complexity index is 441. The van der Waals surface area contributed by atoms with Gasteiger partial charge in [-0.25, -0.2) is 4.39 Å². The first-order chi connectivity index (χ1) is 9.67. The number of ketones is 1. The highest BCUT2D eigenvalue weighted by Gasteiger charge is 2.05. The predicted molar refractivity (Wildman–Crippen MR) is 79.6 cm³/mol. The first-order valence-electron chi connectivity index (χ1n) is 7.24. The van der Waals surface area contributed by atoms with Crippen LogP contribution in [0, 0.1) is 5.82 Å². The monoisotopic (exact) mass is 278 g/mol. The molecule has 0 heterocycles. The van der Waals surface area contributed by atoms with Crippen molar-refractivity contribution in [2.45, 2.75) is 45.4 Å². The summed E-state index contributed by atoms with van der Waals surface area (Å²) < 4.78 is 18.9. The second-order valence-electron chi connectivity index (χ2n) is 4.84. The highest BCUT2D eigenvalue weighted by atomic mass is 19.1. The van der Waals surface area contributed by atoms with E-state index in [9.17, 15) is 9.18 Å². The number of carbonyl (C=O) groups excluding carboxylic acids is 1. The number of allylic oxidation sites excluding steroid dienone is 1. The van der Waals surface area contributed by atoms with Gasteiger partial charge in [-0.3, -0.25) is 4.79 Å². The summed E-state index contributed by atoms with van der Waals surface area (Å²) >= 11 is 0. The van der Waals surface area contributed by atoms with Crippen LogP contribution in [0.3, 0.4) is 0 Å². The smallest absolute Gasteiger partial charge is 0.165 e. The summed E-state index contributed by atoms with van der Waals surface area (Å²) in [5.41, 5.74) is 1.08. The van der Waals surface area contributed by atoms with Crippen molar-refractivity contribution in [2.24, 2.45) is 0 Å². The first-order valence-corrected chi connectivity index (χ1v) is 7.24. The molecule has 0 aliphatic heterocycles. The Labute approximate surface area is 120 Å². The number of unbranched alkanes of at least 4 members (excludes halogenated alkanes) is 2. The third-order valence-electron chi connectivity index (χ3n) is 3.07. The van der Waals surface area contributed by atoms with Gasteiger partial charge in [0.1, 0.15) is 0 Å². The average molecular weight is 278 g/mol. The molecule has 0 aliphatic carbocycles. The van der Waals surface area contributed by atoms with Crippen LogP contribution in [0.4, 0.5) is 4.39 Å². The molecule has 0 aromatic heterocycles.